The van der Waals surface area contributed by atoms with Crippen LogP contribution in [0.5, 0.6) is 5.75 Å². The topological polar surface area (TPSA) is 79.5 Å². The molecule has 144 valence electrons. The van der Waals surface area contributed by atoms with Crippen molar-refractivity contribution in [1.29, 1.82) is 0 Å². The summed E-state index contributed by atoms with van der Waals surface area (Å²) in [5, 5.41) is 8.44. The largest absolute Gasteiger partial charge is 0.494 e. The van der Waals surface area contributed by atoms with Gasteiger partial charge in [-0.3, -0.25) is 9.59 Å². The average molecular weight is 369 g/mol. The minimum atomic E-state index is -0.172. The number of anilines is 2. The molecule has 2 aromatic rings. The van der Waals surface area contributed by atoms with E-state index in [1.54, 1.807) is 31.3 Å². The van der Waals surface area contributed by atoms with Crippen LogP contribution in [0.1, 0.15) is 30.6 Å². The maximum absolute atomic E-state index is 12.1. The van der Waals surface area contributed by atoms with Crippen LogP contribution in [-0.2, 0) is 4.79 Å². The van der Waals surface area contributed by atoms with Gasteiger partial charge in [-0.2, -0.15) is 0 Å². The lowest BCUT2D eigenvalue weighted by Gasteiger charge is -2.11. The van der Waals surface area contributed by atoms with E-state index in [0.29, 0.717) is 23.8 Å². The van der Waals surface area contributed by atoms with Crippen molar-refractivity contribution >= 4 is 23.2 Å². The highest BCUT2D eigenvalue weighted by atomic mass is 16.5. The summed E-state index contributed by atoms with van der Waals surface area (Å²) in [6.07, 6.45) is 0.999. The molecule has 0 heterocycles. The monoisotopic (exact) mass is 369 g/mol. The first kappa shape index (κ1) is 20.3. The van der Waals surface area contributed by atoms with Gasteiger partial charge < -0.3 is 20.7 Å². The summed E-state index contributed by atoms with van der Waals surface area (Å²) in [4.78, 5) is 23.6. The molecule has 2 amide bonds. The van der Waals surface area contributed by atoms with Crippen molar-refractivity contribution in [3.63, 3.8) is 0 Å². The Morgan fingerprint density at radius 2 is 1.78 bits per heavy atom. The molecule has 0 aliphatic rings. The molecule has 0 atom stereocenters. The van der Waals surface area contributed by atoms with Gasteiger partial charge in [-0.15, -0.1) is 0 Å². The van der Waals surface area contributed by atoms with Crippen molar-refractivity contribution in [1.82, 2.24) is 5.32 Å². The second-order valence-corrected chi connectivity index (χ2v) is 6.62. The molecule has 0 unspecified atom stereocenters. The third-order valence-electron chi connectivity index (χ3n) is 3.91. The van der Waals surface area contributed by atoms with E-state index in [0.717, 1.165) is 17.9 Å². The van der Waals surface area contributed by atoms with Crippen LogP contribution in [0, 0.1) is 5.92 Å². The van der Waals surface area contributed by atoms with Gasteiger partial charge in [0.1, 0.15) is 5.75 Å². The number of carbonyl (C=O) groups excluding carboxylic acids is 2. The van der Waals surface area contributed by atoms with E-state index in [-0.39, 0.29) is 18.4 Å². The fraction of sp³-hybridized carbons (Fsp3) is 0.333. The van der Waals surface area contributed by atoms with E-state index in [9.17, 15) is 9.59 Å². The Morgan fingerprint density at radius 3 is 2.44 bits per heavy atom. The molecule has 0 saturated heterocycles. The Hall–Kier alpha value is -3.02. The van der Waals surface area contributed by atoms with Crippen LogP contribution in [0.25, 0.3) is 0 Å². The normalized spacial score (nSPS) is 10.4. The average Bonchev–Trinajstić information content (AvgIpc) is 2.66. The third kappa shape index (κ3) is 7.01. The molecule has 0 fully saturated rings. The zero-order chi connectivity index (χ0) is 19.6. The second-order valence-electron chi connectivity index (χ2n) is 6.62. The van der Waals surface area contributed by atoms with Gasteiger partial charge in [-0.25, -0.2) is 0 Å². The summed E-state index contributed by atoms with van der Waals surface area (Å²) >= 11 is 0. The zero-order valence-corrected chi connectivity index (χ0v) is 16.0. The summed E-state index contributed by atoms with van der Waals surface area (Å²) in [5.41, 5.74) is 2.00. The Kier molecular flexibility index (Phi) is 7.67. The zero-order valence-electron chi connectivity index (χ0n) is 16.0. The Labute approximate surface area is 160 Å². The molecule has 6 nitrogen and oxygen atoms in total. The molecule has 0 aromatic heterocycles. The fourth-order valence-corrected chi connectivity index (χ4v) is 2.35. The molecular weight excluding hydrogens is 342 g/mol. The Balaban J connectivity index is 1.82. The lowest BCUT2D eigenvalue weighted by Crippen LogP contribution is -2.22. The molecule has 0 aliphatic carbocycles. The predicted molar refractivity (Wildman–Crippen MR) is 108 cm³/mol. The number of carbonyl (C=O) groups is 2. The van der Waals surface area contributed by atoms with Crippen molar-refractivity contribution in [3.8, 4) is 5.75 Å². The van der Waals surface area contributed by atoms with Crippen LogP contribution >= 0.6 is 0 Å². The summed E-state index contributed by atoms with van der Waals surface area (Å²) in [7, 11) is 1.58. The van der Waals surface area contributed by atoms with Crippen molar-refractivity contribution in [2.24, 2.45) is 5.92 Å². The third-order valence-corrected chi connectivity index (χ3v) is 3.91. The van der Waals surface area contributed by atoms with E-state index in [2.05, 4.69) is 29.8 Å². The number of amides is 2. The van der Waals surface area contributed by atoms with Crippen molar-refractivity contribution in [2.45, 2.75) is 20.3 Å². The highest BCUT2D eigenvalue weighted by Crippen LogP contribution is 2.18. The van der Waals surface area contributed by atoms with Crippen LogP contribution in [0.3, 0.4) is 0 Å². The molecule has 0 saturated carbocycles. The van der Waals surface area contributed by atoms with Gasteiger partial charge in [-0.05, 0) is 48.7 Å². The highest BCUT2D eigenvalue weighted by Gasteiger charge is 2.06. The molecule has 0 radical (unpaired) electrons. The van der Waals surface area contributed by atoms with Crippen LogP contribution in [0.4, 0.5) is 11.4 Å². The van der Waals surface area contributed by atoms with Crippen molar-refractivity contribution in [2.75, 3.05) is 30.8 Å². The number of hydrogen-bond acceptors (Lipinski definition) is 4. The highest BCUT2D eigenvalue weighted by molar-refractivity contribution is 5.96. The fourth-order valence-electron chi connectivity index (χ4n) is 2.35. The van der Waals surface area contributed by atoms with Crippen LogP contribution in [0.2, 0.25) is 0 Å². The lowest BCUT2D eigenvalue weighted by atomic mass is 10.1. The number of nitrogens with one attached hydrogen (secondary N) is 3. The maximum atomic E-state index is 12.1. The number of hydrogen-bond donors (Lipinski definition) is 3. The number of ether oxygens (including phenoxy) is 1. The van der Waals surface area contributed by atoms with Crippen molar-refractivity contribution < 1.29 is 14.3 Å². The van der Waals surface area contributed by atoms with E-state index in [1.165, 1.54) is 0 Å². The molecule has 3 N–H and O–H groups in total. The molecule has 0 bridgehead atoms. The van der Waals surface area contributed by atoms with Gasteiger partial charge in [0.15, 0.2) is 0 Å². The first-order valence-corrected chi connectivity index (χ1v) is 9.06. The van der Waals surface area contributed by atoms with Gasteiger partial charge in [0, 0.05) is 30.1 Å². The molecule has 6 heteroatoms. The van der Waals surface area contributed by atoms with Gasteiger partial charge >= 0.3 is 0 Å². The molecule has 0 aliphatic heterocycles. The summed E-state index contributed by atoms with van der Waals surface area (Å²) in [5.74, 6) is 1.05. The summed E-state index contributed by atoms with van der Waals surface area (Å²) in [6.45, 7) is 5.12. The summed E-state index contributed by atoms with van der Waals surface area (Å²) < 4.78 is 5.73. The summed E-state index contributed by atoms with van der Waals surface area (Å²) in [6, 6.07) is 14.3. The molecule has 27 heavy (non-hydrogen) atoms. The van der Waals surface area contributed by atoms with Crippen LogP contribution < -0.4 is 20.7 Å². The molecule has 2 rings (SSSR count). The minimum Gasteiger partial charge on any atom is -0.494 e. The lowest BCUT2D eigenvalue weighted by molar-refractivity contribution is -0.114. The first-order chi connectivity index (χ1) is 13.0. The van der Waals surface area contributed by atoms with E-state index in [1.807, 2.05) is 24.3 Å². The standard InChI is InChI=1S/C21H27N3O3/c1-15(2)11-12-27-19-6-4-5-18(13-19)23-14-20(25)24-17-9-7-16(8-10-17)21(26)22-3/h4-10,13,15,23H,11-12,14H2,1-3H3,(H,22,26)(H,24,25). The predicted octanol–water partition coefficient (Wildman–Crippen LogP) is 3.52. The molecular formula is C21H27N3O3. The first-order valence-electron chi connectivity index (χ1n) is 9.06. The van der Waals surface area contributed by atoms with Crippen molar-refractivity contribution in [3.05, 3.63) is 54.1 Å². The Bertz CT molecular complexity index is 758. The van der Waals surface area contributed by atoms with Crippen LogP contribution in [0.15, 0.2) is 48.5 Å². The number of benzene rings is 2. The van der Waals surface area contributed by atoms with Gasteiger partial charge in [-0.1, -0.05) is 19.9 Å². The van der Waals surface area contributed by atoms with Gasteiger partial charge in [0.25, 0.3) is 5.91 Å². The van der Waals surface area contributed by atoms with Gasteiger partial charge in [0.05, 0.1) is 13.2 Å². The van der Waals surface area contributed by atoms with E-state index < -0.39 is 0 Å². The molecule has 2 aromatic carbocycles. The minimum absolute atomic E-state index is 0.132. The van der Waals surface area contributed by atoms with E-state index in [4.69, 9.17) is 4.74 Å². The van der Waals surface area contributed by atoms with Gasteiger partial charge in [0.2, 0.25) is 5.91 Å². The SMILES string of the molecule is CNC(=O)c1ccc(NC(=O)CNc2cccc(OCCC(C)C)c2)cc1. The second kappa shape index (κ2) is 10.2. The molecule has 0 spiro atoms. The van der Waals surface area contributed by atoms with E-state index >= 15 is 0 Å². The number of rotatable bonds is 9. The Morgan fingerprint density at radius 1 is 1.04 bits per heavy atom. The van der Waals surface area contributed by atoms with Crippen LogP contribution in [-0.4, -0.2) is 32.0 Å². The maximum Gasteiger partial charge on any atom is 0.251 e. The quantitative estimate of drug-likeness (QED) is 0.632. The smallest absolute Gasteiger partial charge is 0.251 e.